The van der Waals surface area contributed by atoms with Crippen LogP contribution in [0.15, 0.2) is 0 Å². The van der Waals surface area contributed by atoms with E-state index in [-0.39, 0.29) is 24.2 Å². The van der Waals surface area contributed by atoms with E-state index in [4.69, 9.17) is 10.8 Å². The molecule has 0 aromatic carbocycles. The second-order valence-corrected chi connectivity index (χ2v) is 6.25. The second-order valence-electron chi connectivity index (χ2n) is 6.25. The van der Waals surface area contributed by atoms with Gasteiger partial charge in [-0.25, -0.2) is 0 Å². The monoisotopic (exact) mass is 300 g/mol. The Hall–Kier alpha value is -1.10. The summed E-state index contributed by atoms with van der Waals surface area (Å²) in [6.45, 7) is 8.59. The van der Waals surface area contributed by atoms with Crippen LogP contribution in [0.1, 0.15) is 59.8 Å². The number of carboxylic acid groups (broad SMARTS) is 1. The minimum Gasteiger partial charge on any atom is -0.481 e. The zero-order valence-electron chi connectivity index (χ0n) is 13.9. The summed E-state index contributed by atoms with van der Waals surface area (Å²) in [7, 11) is 0. The third kappa shape index (κ3) is 8.71. The molecule has 0 saturated heterocycles. The molecule has 4 N–H and O–H groups in total. The van der Waals surface area contributed by atoms with Crippen molar-refractivity contribution in [3.63, 3.8) is 0 Å². The van der Waals surface area contributed by atoms with Crippen molar-refractivity contribution in [2.24, 2.45) is 23.5 Å². The van der Waals surface area contributed by atoms with Crippen LogP contribution in [0.4, 0.5) is 0 Å². The smallest absolute Gasteiger partial charge is 0.303 e. The van der Waals surface area contributed by atoms with E-state index in [1.165, 1.54) is 0 Å². The average molecular weight is 300 g/mol. The first-order chi connectivity index (χ1) is 9.81. The van der Waals surface area contributed by atoms with Crippen molar-refractivity contribution in [2.75, 3.05) is 6.54 Å². The normalized spacial score (nSPS) is 16.8. The van der Waals surface area contributed by atoms with E-state index in [1.807, 2.05) is 13.8 Å². The maximum Gasteiger partial charge on any atom is 0.303 e. The van der Waals surface area contributed by atoms with Crippen LogP contribution in [0.5, 0.6) is 0 Å². The van der Waals surface area contributed by atoms with Crippen LogP contribution in [-0.4, -0.2) is 29.6 Å². The van der Waals surface area contributed by atoms with E-state index < -0.39 is 12.0 Å². The molecule has 0 saturated carbocycles. The van der Waals surface area contributed by atoms with Crippen molar-refractivity contribution < 1.29 is 14.7 Å². The van der Waals surface area contributed by atoms with Gasteiger partial charge in [0.2, 0.25) is 5.91 Å². The molecule has 0 aliphatic heterocycles. The molecule has 3 unspecified atom stereocenters. The van der Waals surface area contributed by atoms with Crippen molar-refractivity contribution in [3.8, 4) is 0 Å². The third-order valence-electron chi connectivity index (χ3n) is 4.11. The van der Waals surface area contributed by atoms with E-state index in [0.717, 1.165) is 25.7 Å². The van der Waals surface area contributed by atoms with Crippen LogP contribution < -0.4 is 11.1 Å². The molecule has 5 heteroatoms. The van der Waals surface area contributed by atoms with E-state index in [0.29, 0.717) is 12.5 Å². The lowest BCUT2D eigenvalue weighted by atomic mass is 9.90. The number of hydrogen-bond donors (Lipinski definition) is 3. The standard InChI is InChI=1S/C16H32N2O3/c1-5-7-11(3)8-13(9-14(19)20)10-18-16(21)15(17)12(4)6-2/h11-13,15H,5-10,17H2,1-4H3,(H,18,21)(H,19,20)/t11?,12?,13?,15-/m0/s1. The Morgan fingerprint density at radius 3 is 2.33 bits per heavy atom. The van der Waals surface area contributed by atoms with Gasteiger partial charge in [0.1, 0.15) is 0 Å². The maximum absolute atomic E-state index is 12.0. The summed E-state index contributed by atoms with van der Waals surface area (Å²) in [6.07, 6.45) is 3.93. The van der Waals surface area contributed by atoms with Gasteiger partial charge in [0, 0.05) is 13.0 Å². The molecule has 0 aromatic heterocycles. The summed E-state index contributed by atoms with van der Waals surface area (Å²) < 4.78 is 0. The SMILES string of the molecule is CCCC(C)CC(CNC(=O)[C@@H](N)C(C)CC)CC(=O)O. The van der Waals surface area contributed by atoms with Crippen molar-refractivity contribution in [3.05, 3.63) is 0 Å². The van der Waals surface area contributed by atoms with Gasteiger partial charge in [-0.2, -0.15) is 0 Å². The summed E-state index contributed by atoms with van der Waals surface area (Å²) in [6, 6.07) is -0.520. The molecule has 0 fully saturated rings. The zero-order valence-corrected chi connectivity index (χ0v) is 13.9. The minimum absolute atomic E-state index is 0.0304. The molecule has 0 heterocycles. The Bertz CT molecular complexity index is 321. The number of nitrogens with one attached hydrogen (secondary N) is 1. The molecule has 0 bridgehead atoms. The first kappa shape index (κ1) is 19.9. The van der Waals surface area contributed by atoms with Crippen molar-refractivity contribution in [2.45, 2.75) is 65.8 Å². The van der Waals surface area contributed by atoms with Gasteiger partial charge in [0.05, 0.1) is 6.04 Å². The minimum atomic E-state index is -0.816. The fourth-order valence-corrected chi connectivity index (χ4v) is 2.54. The average Bonchev–Trinajstić information content (AvgIpc) is 2.42. The van der Waals surface area contributed by atoms with Crippen LogP contribution in [-0.2, 0) is 9.59 Å². The first-order valence-electron chi connectivity index (χ1n) is 8.06. The molecule has 1 amide bonds. The lowest BCUT2D eigenvalue weighted by Crippen LogP contribution is -2.46. The van der Waals surface area contributed by atoms with Gasteiger partial charge >= 0.3 is 5.97 Å². The predicted molar refractivity (Wildman–Crippen MR) is 84.9 cm³/mol. The first-order valence-corrected chi connectivity index (χ1v) is 8.06. The highest BCUT2D eigenvalue weighted by atomic mass is 16.4. The Balaban J connectivity index is 4.40. The summed E-state index contributed by atoms with van der Waals surface area (Å²) >= 11 is 0. The summed E-state index contributed by atoms with van der Waals surface area (Å²) in [5.74, 6) is -0.425. The molecule has 5 nitrogen and oxygen atoms in total. The Kier molecular flexibility index (Phi) is 10.0. The highest BCUT2D eigenvalue weighted by Crippen LogP contribution is 2.19. The number of hydrogen-bond acceptors (Lipinski definition) is 3. The van der Waals surface area contributed by atoms with Gasteiger partial charge in [-0.05, 0) is 24.2 Å². The highest BCUT2D eigenvalue weighted by molar-refractivity contribution is 5.81. The summed E-state index contributed by atoms with van der Waals surface area (Å²) in [4.78, 5) is 22.9. The highest BCUT2D eigenvalue weighted by Gasteiger charge is 2.22. The Labute approximate surface area is 128 Å². The van der Waals surface area contributed by atoms with Crippen molar-refractivity contribution in [1.82, 2.24) is 5.32 Å². The lowest BCUT2D eigenvalue weighted by Gasteiger charge is -2.22. The zero-order chi connectivity index (χ0) is 16.4. The van der Waals surface area contributed by atoms with Crippen LogP contribution >= 0.6 is 0 Å². The number of rotatable bonds is 11. The summed E-state index contributed by atoms with van der Waals surface area (Å²) in [5, 5.41) is 11.8. The van der Waals surface area contributed by atoms with Gasteiger partial charge < -0.3 is 16.2 Å². The van der Waals surface area contributed by atoms with Gasteiger partial charge in [0.15, 0.2) is 0 Å². The molecule has 0 aromatic rings. The molecule has 0 spiro atoms. The third-order valence-corrected chi connectivity index (χ3v) is 4.11. The molecule has 0 aliphatic rings. The van der Waals surface area contributed by atoms with E-state index in [1.54, 1.807) is 0 Å². The van der Waals surface area contributed by atoms with Crippen molar-refractivity contribution in [1.29, 1.82) is 0 Å². The van der Waals surface area contributed by atoms with Crippen LogP contribution in [0, 0.1) is 17.8 Å². The van der Waals surface area contributed by atoms with Crippen LogP contribution in [0.2, 0.25) is 0 Å². The lowest BCUT2D eigenvalue weighted by molar-refractivity contribution is -0.138. The Morgan fingerprint density at radius 1 is 1.24 bits per heavy atom. The quantitative estimate of drug-likeness (QED) is 0.546. The van der Waals surface area contributed by atoms with Gasteiger partial charge in [-0.1, -0.05) is 47.0 Å². The molecular weight excluding hydrogens is 268 g/mol. The molecule has 124 valence electrons. The largest absolute Gasteiger partial charge is 0.481 e. The molecule has 0 rings (SSSR count). The van der Waals surface area contributed by atoms with E-state index in [2.05, 4.69) is 19.2 Å². The number of carbonyl (C=O) groups excluding carboxylic acids is 1. The molecule has 21 heavy (non-hydrogen) atoms. The fourth-order valence-electron chi connectivity index (χ4n) is 2.54. The van der Waals surface area contributed by atoms with E-state index >= 15 is 0 Å². The summed E-state index contributed by atoms with van der Waals surface area (Å²) in [5.41, 5.74) is 5.88. The van der Waals surface area contributed by atoms with E-state index in [9.17, 15) is 9.59 Å². The molecular formula is C16H32N2O3. The number of carboxylic acids is 1. The number of nitrogens with two attached hydrogens (primary N) is 1. The molecule has 4 atom stereocenters. The molecule has 0 radical (unpaired) electrons. The number of aliphatic carboxylic acids is 1. The second kappa shape index (κ2) is 10.6. The maximum atomic E-state index is 12.0. The van der Waals surface area contributed by atoms with Crippen LogP contribution in [0.3, 0.4) is 0 Å². The van der Waals surface area contributed by atoms with Gasteiger partial charge in [-0.15, -0.1) is 0 Å². The predicted octanol–water partition coefficient (Wildman–Crippen LogP) is 2.39. The number of amides is 1. The van der Waals surface area contributed by atoms with Gasteiger partial charge in [-0.3, -0.25) is 9.59 Å². The van der Waals surface area contributed by atoms with Gasteiger partial charge in [0.25, 0.3) is 0 Å². The van der Waals surface area contributed by atoms with Crippen molar-refractivity contribution >= 4 is 11.9 Å². The molecule has 0 aliphatic carbocycles. The Morgan fingerprint density at radius 2 is 1.86 bits per heavy atom. The fraction of sp³-hybridized carbons (Fsp3) is 0.875. The number of carbonyl (C=O) groups is 2. The topological polar surface area (TPSA) is 92.4 Å². The van der Waals surface area contributed by atoms with Crippen LogP contribution in [0.25, 0.3) is 0 Å².